The van der Waals surface area contributed by atoms with E-state index in [1.807, 2.05) is 13.8 Å². The molecule has 0 fully saturated rings. The predicted octanol–water partition coefficient (Wildman–Crippen LogP) is 0.956. The third-order valence-electron chi connectivity index (χ3n) is 1.62. The van der Waals surface area contributed by atoms with Gasteiger partial charge in [-0.1, -0.05) is 6.92 Å². The Bertz CT molecular complexity index is 139. The first-order chi connectivity index (χ1) is 6.81. The van der Waals surface area contributed by atoms with Crippen LogP contribution in [-0.4, -0.2) is 38.9 Å². The highest BCUT2D eigenvalue weighted by molar-refractivity contribution is 5.75. The van der Waals surface area contributed by atoms with Crippen molar-refractivity contribution in [3.63, 3.8) is 0 Å². The highest BCUT2D eigenvalue weighted by Crippen LogP contribution is 1.85. The van der Waals surface area contributed by atoms with Crippen LogP contribution in [0.5, 0.6) is 0 Å². The third-order valence-corrected chi connectivity index (χ3v) is 1.62. The van der Waals surface area contributed by atoms with Crippen LogP contribution in [0.15, 0.2) is 0 Å². The molecule has 4 nitrogen and oxygen atoms in total. The second-order valence-corrected chi connectivity index (χ2v) is 2.91. The van der Waals surface area contributed by atoms with Crippen molar-refractivity contribution in [1.29, 1.82) is 0 Å². The summed E-state index contributed by atoms with van der Waals surface area (Å²) in [6.45, 7) is 7.02. The maximum absolute atomic E-state index is 11.0. The molecule has 0 heterocycles. The zero-order chi connectivity index (χ0) is 10.6. The number of carbonyl (C=O) groups is 1. The van der Waals surface area contributed by atoms with Gasteiger partial charge in [-0.25, -0.2) is 0 Å². The Labute approximate surface area is 86.0 Å². The van der Waals surface area contributed by atoms with Crippen molar-refractivity contribution in [3.05, 3.63) is 0 Å². The summed E-state index contributed by atoms with van der Waals surface area (Å²) in [6.07, 6.45) is 1.48. The van der Waals surface area contributed by atoms with Gasteiger partial charge in [0.1, 0.15) is 0 Å². The van der Waals surface area contributed by atoms with Crippen molar-refractivity contribution in [2.75, 3.05) is 33.0 Å². The quantitative estimate of drug-likeness (QED) is 0.568. The van der Waals surface area contributed by atoms with Crippen molar-refractivity contribution in [2.45, 2.75) is 26.7 Å². The van der Waals surface area contributed by atoms with E-state index in [0.29, 0.717) is 32.8 Å². The van der Waals surface area contributed by atoms with Crippen LogP contribution >= 0.6 is 0 Å². The molecule has 0 radical (unpaired) electrons. The Hall–Kier alpha value is -0.610. The number of hydrogen-bond acceptors (Lipinski definition) is 3. The summed E-state index contributed by atoms with van der Waals surface area (Å²) >= 11 is 0. The fourth-order valence-corrected chi connectivity index (χ4v) is 0.942. The highest BCUT2D eigenvalue weighted by atomic mass is 16.5. The van der Waals surface area contributed by atoms with E-state index in [-0.39, 0.29) is 5.91 Å². The molecule has 0 rings (SSSR count). The summed E-state index contributed by atoms with van der Waals surface area (Å²) in [5, 5.41) is 2.77. The van der Waals surface area contributed by atoms with E-state index in [1.54, 1.807) is 0 Å². The van der Waals surface area contributed by atoms with E-state index in [2.05, 4.69) is 5.32 Å². The molecule has 0 saturated heterocycles. The minimum atomic E-state index is 0.0981. The van der Waals surface area contributed by atoms with Crippen molar-refractivity contribution < 1.29 is 14.3 Å². The lowest BCUT2D eigenvalue weighted by Gasteiger charge is -2.05. The summed E-state index contributed by atoms with van der Waals surface area (Å²) in [5.74, 6) is 0.0981. The van der Waals surface area contributed by atoms with Crippen LogP contribution in [0.3, 0.4) is 0 Å². The Morgan fingerprint density at radius 1 is 1.14 bits per heavy atom. The molecule has 0 aromatic heterocycles. The molecule has 0 aliphatic rings. The summed E-state index contributed by atoms with van der Waals surface area (Å²) in [4.78, 5) is 11.0. The molecule has 0 bridgehead atoms. The lowest BCUT2D eigenvalue weighted by molar-refractivity contribution is -0.121. The molecule has 0 aliphatic carbocycles. The molecular weight excluding hydrogens is 182 g/mol. The van der Waals surface area contributed by atoms with Crippen molar-refractivity contribution in [3.8, 4) is 0 Å². The Kier molecular flexibility index (Phi) is 10.0. The van der Waals surface area contributed by atoms with Crippen molar-refractivity contribution >= 4 is 5.91 Å². The first-order valence-corrected chi connectivity index (χ1v) is 5.23. The number of rotatable bonds is 9. The second kappa shape index (κ2) is 10.5. The third kappa shape index (κ3) is 9.48. The van der Waals surface area contributed by atoms with Crippen LogP contribution in [0, 0.1) is 0 Å². The van der Waals surface area contributed by atoms with Gasteiger partial charge in [0.25, 0.3) is 0 Å². The number of amides is 1. The van der Waals surface area contributed by atoms with Crippen LogP contribution in [-0.2, 0) is 14.3 Å². The van der Waals surface area contributed by atoms with E-state index in [9.17, 15) is 4.79 Å². The normalized spacial score (nSPS) is 10.1. The molecule has 4 heteroatoms. The van der Waals surface area contributed by atoms with Gasteiger partial charge in [-0.2, -0.15) is 0 Å². The number of carbonyl (C=O) groups excluding carboxylic acids is 1. The predicted molar refractivity (Wildman–Crippen MR) is 55.2 cm³/mol. The molecule has 84 valence electrons. The Morgan fingerprint density at radius 2 is 1.86 bits per heavy atom. The smallest absolute Gasteiger partial charge is 0.220 e. The van der Waals surface area contributed by atoms with Crippen LogP contribution in [0.25, 0.3) is 0 Å². The highest BCUT2D eigenvalue weighted by Gasteiger charge is 1.96. The fourth-order valence-electron chi connectivity index (χ4n) is 0.942. The number of nitrogens with one attached hydrogen (secondary N) is 1. The zero-order valence-electron chi connectivity index (χ0n) is 9.17. The molecule has 0 saturated carbocycles. The molecule has 1 N–H and O–H groups in total. The number of hydrogen-bond donors (Lipinski definition) is 1. The van der Waals surface area contributed by atoms with Gasteiger partial charge in [-0.15, -0.1) is 0 Å². The largest absolute Gasteiger partial charge is 0.379 e. The van der Waals surface area contributed by atoms with Gasteiger partial charge < -0.3 is 14.8 Å². The Morgan fingerprint density at radius 3 is 2.50 bits per heavy atom. The van der Waals surface area contributed by atoms with E-state index in [0.717, 1.165) is 13.0 Å². The molecule has 0 aliphatic heterocycles. The van der Waals surface area contributed by atoms with E-state index in [4.69, 9.17) is 9.47 Å². The van der Waals surface area contributed by atoms with Gasteiger partial charge in [0.05, 0.1) is 19.8 Å². The van der Waals surface area contributed by atoms with Gasteiger partial charge in [0.15, 0.2) is 0 Å². The molecule has 0 unspecified atom stereocenters. The van der Waals surface area contributed by atoms with Crippen LogP contribution in [0.1, 0.15) is 26.7 Å². The molecule has 0 aromatic carbocycles. The number of ether oxygens (including phenoxy) is 2. The molecular formula is C10H21NO3. The molecule has 1 amide bonds. The summed E-state index contributed by atoms with van der Waals surface area (Å²) in [6, 6.07) is 0. The maximum atomic E-state index is 11.0. The van der Waals surface area contributed by atoms with Crippen molar-refractivity contribution in [2.24, 2.45) is 0 Å². The van der Waals surface area contributed by atoms with Gasteiger partial charge >= 0.3 is 0 Å². The van der Waals surface area contributed by atoms with Crippen LogP contribution < -0.4 is 5.32 Å². The first-order valence-electron chi connectivity index (χ1n) is 5.23. The Balaban J connectivity index is 3.01. The average molecular weight is 203 g/mol. The van der Waals surface area contributed by atoms with Gasteiger partial charge in [0.2, 0.25) is 5.91 Å². The van der Waals surface area contributed by atoms with Crippen molar-refractivity contribution in [1.82, 2.24) is 5.32 Å². The average Bonchev–Trinajstić information content (AvgIpc) is 2.17. The fraction of sp³-hybridized carbons (Fsp3) is 0.900. The SMILES string of the molecule is CCCC(=O)NCCOCCOCC. The minimum absolute atomic E-state index is 0.0981. The first kappa shape index (κ1) is 13.4. The molecule has 0 atom stereocenters. The van der Waals surface area contributed by atoms with Gasteiger partial charge in [-0.3, -0.25) is 4.79 Å². The van der Waals surface area contributed by atoms with E-state index < -0.39 is 0 Å². The second-order valence-electron chi connectivity index (χ2n) is 2.91. The summed E-state index contributed by atoms with van der Waals surface area (Å²) in [7, 11) is 0. The van der Waals surface area contributed by atoms with E-state index in [1.165, 1.54) is 0 Å². The summed E-state index contributed by atoms with van der Waals surface area (Å²) in [5.41, 5.74) is 0. The lowest BCUT2D eigenvalue weighted by Crippen LogP contribution is -2.27. The zero-order valence-corrected chi connectivity index (χ0v) is 9.17. The molecule has 0 spiro atoms. The van der Waals surface area contributed by atoms with Crippen LogP contribution in [0.2, 0.25) is 0 Å². The maximum Gasteiger partial charge on any atom is 0.220 e. The van der Waals surface area contributed by atoms with E-state index >= 15 is 0 Å². The van der Waals surface area contributed by atoms with Gasteiger partial charge in [0, 0.05) is 19.6 Å². The van der Waals surface area contributed by atoms with Gasteiger partial charge in [-0.05, 0) is 13.3 Å². The topological polar surface area (TPSA) is 47.6 Å². The molecule has 0 aromatic rings. The minimum Gasteiger partial charge on any atom is -0.379 e. The standard InChI is InChI=1S/C10H21NO3/c1-3-5-10(12)11-6-7-14-9-8-13-4-2/h3-9H2,1-2H3,(H,11,12). The van der Waals surface area contributed by atoms with Crippen LogP contribution in [0.4, 0.5) is 0 Å². The lowest BCUT2D eigenvalue weighted by atomic mass is 10.3. The monoisotopic (exact) mass is 203 g/mol. The summed E-state index contributed by atoms with van der Waals surface area (Å²) < 4.78 is 10.3. The molecule has 14 heavy (non-hydrogen) atoms.